The maximum absolute atomic E-state index is 11.7. The molecular formula is C13H12O. The van der Waals surface area contributed by atoms with Crippen LogP contribution in [0.25, 0.3) is 0 Å². The molecule has 0 aliphatic heterocycles. The van der Waals surface area contributed by atoms with Crippen molar-refractivity contribution in [2.75, 3.05) is 0 Å². The van der Waals surface area contributed by atoms with Crippen molar-refractivity contribution in [1.82, 2.24) is 0 Å². The summed E-state index contributed by atoms with van der Waals surface area (Å²) in [5.74, 6) is 0.109. The second-order valence-corrected chi connectivity index (χ2v) is 3.52. The van der Waals surface area contributed by atoms with Crippen LogP contribution in [-0.2, 0) is 4.79 Å². The van der Waals surface area contributed by atoms with Gasteiger partial charge < -0.3 is 0 Å². The summed E-state index contributed by atoms with van der Waals surface area (Å²) >= 11 is 0. The standard InChI is InChI=1S/C13H12O/c1-10-6-5-9-12(14)13(10)11-7-3-2-4-8-11/h2-9,13H,1H3. The van der Waals surface area contributed by atoms with E-state index in [2.05, 4.69) is 0 Å². The number of benzene rings is 1. The Morgan fingerprint density at radius 1 is 1.14 bits per heavy atom. The lowest BCUT2D eigenvalue weighted by atomic mass is 9.85. The maximum atomic E-state index is 11.7. The zero-order valence-corrected chi connectivity index (χ0v) is 8.10. The number of carbonyl (C=O) groups excluding carboxylic acids is 1. The Kier molecular flexibility index (Phi) is 2.32. The van der Waals surface area contributed by atoms with Crippen LogP contribution >= 0.6 is 0 Å². The van der Waals surface area contributed by atoms with Gasteiger partial charge in [0.25, 0.3) is 0 Å². The van der Waals surface area contributed by atoms with Gasteiger partial charge in [0.1, 0.15) is 0 Å². The van der Waals surface area contributed by atoms with Gasteiger partial charge in [0.2, 0.25) is 0 Å². The van der Waals surface area contributed by atoms with Crippen molar-refractivity contribution in [2.45, 2.75) is 12.8 Å². The summed E-state index contributed by atoms with van der Waals surface area (Å²) in [6.07, 6.45) is 5.46. The van der Waals surface area contributed by atoms with E-state index in [1.165, 1.54) is 0 Å². The first-order valence-electron chi connectivity index (χ1n) is 4.72. The summed E-state index contributed by atoms with van der Waals surface area (Å²) in [6, 6.07) is 9.90. The number of hydrogen-bond acceptors (Lipinski definition) is 1. The third-order valence-electron chi connectivity index (χ3n) is 2.49. The Balaban J connectivity index is 2.40. The lowest BCUT2D eigenvalue weighted by molar-refractivity contribution is -0.115. The molecule has 70 valence electrons. The maximum Gasteiger partial charge on any atom is 0.167 e. The lowest BCUT2D eigenvalue weighted by Crippen LogP contribution is -2.13. The van der Waals surface area contributed by atoms with Crippen molar-refractivity contribution in [3.63, 3.8) is 0 Å². The summed E-state index contributed by atoms with van der Waals surface area (Å²) in [5.41, 5.74) is 2.19. The molecule has 14 heavy (non-hydrogen) atoms. The first kappa shape index (κ1) is 8.95. The molecule has 2 rings (SSSR count). The second kappa shape index (κ2) is 3.62. The Hall–Kier alpha value is -1.63. The normalized spacial score (nSPS) is 20.8. The van der Waals surface area contributed by atoms with Gasteiger partial charge in [0.05, 0.1) is 5.92 Å². The molecule has 0 spiro atoms. The van der Waals surface area contributed by atoms with Crippen LogP contribution in [0.2, 0.25) is 0 Å². The number of allylic oxidation sites excluding steroid dienone is 4. The summed E-state index contributed by atoms with van der Waals surface area (Å²) in [5, 5.41) is 0. The minimum atomic E-state index is -0.0683. The van der Waals surface area contributed by atoms with Gasteiger partial charge in [-0.25, -0.2) is 0 Å². The molecule has 0 radical (unpaired) electrons. The van der Waals surface area contributed by atoms with Crippen molar-refractivity contribution >= 4 is 5.78 Å². The molecule has 0 saturated heterocycles. The highest BCUT2D eigenvalue weighted by atomic mass is 16.1. The van der Waals surface area contributed by atoms with E-state index in [1.807, 2.05) is 49.4 Å². The van der Waals surface area contributed by atoms with Crippen LogP contribution < -0.4 is 0 Å². The first-order valence-corrected chi connectivity index (χ1v) is 4.72. The molecule has 1 aromatic carbocycles. The molecule has 0 bridgehead atoms. The molecule has 0 N–H and O–H groups in total. The van der Waals surface area contributed by atoms with Gasteiger partial charge >= 0.3 is 0 Å². The minimum absolute atomic E-state index is 0.0683. The van der Waals surface area contributed by atoms with E-state index < -0.39 is 0 Å². The Morgan fingerprint density at radius 3 is 2.50 bits per heavy atom. The van der Waals surface area contributed by atoms with Crippen LogP contribution in [0.15, 0.2) is 54.1 Å². The fourth-order valence-corrected chi connectivity index (χ4v) is 1.78. The van der Waals surface area contributed by atoms with Crippen molar-refractivity contribution in [2.24, 2.45) is 0 Å². The SMILES string of the molecule is CC1=CC=CC(=O)C1c1ccccc1. The van der Waals surface area contributed by atoms with Crippen molar-refractivity contribution in [3.8, 4) is 0 Å². The van der Waals surface area contributed by atoms with Gasteiger partial charge in [-0.2, -0.15) is 0 Å². The highest BCUT2D eigenvalue weighted by Crippen LogP contribution is 2.27. The highest BCUT2D eigenvalue weighted by Gasteiger charge is 2.21. The molecule has 1 aromatic rings. The summed E-state index contributed by atoms with van der Waals surface area (Å²) in [7, 11) is 0. The molecule has 0 saturated carbocycles. The van der Waals surface area contributed by atoms with Crippen LogP contribution in [0.3, 0.4) is 0 Å². The molecule has 1 aliphatic carbocycles. The number of ketones is 1. The molecule has 1 heteroatoms. The van der Waals surface area contributed by atoms with Gasteiger partial charge in [-0.15, -0.1) is 0 Å². The predicted molar refractivity (Wildman–Crippen MR) is 57.1 cm³/mol. The Morgan fingerprint density at radius 2 is 1.86 bits per heavy atom. The average Bonchev–Trinajstić information content (AvgIpc) is 2.19. The molecule has 0 fully saturated rings. The highest BCUT2D eigenvalue weighted by molar-refractivity contribution is 5.99. The second-order valence-electron chi connectivity index (χ2n) is 3.52. The molecule has 1 nitrogen and oxygen atoms in total. The first-order chi connectivity index (χ1) is 6.79. The van der Waals surface area contributed by atoms with Crippen molar-refractivity contribution < 1.29 is 4.79 Å². The molecule has 1 aliphatic rings. The average molecular weight is 184 g/mol. The topological polar surface area (TPSA) is 17.1 Å². The van der Waals surface area contributed by atoms with E-state index in [-0.39, 0.29) is 11.7 Å². The van der Waals surface area contributed by atoms with Crippen LogP contribution in [0.1, 0.15) is 18.4 Å². The van der Waals surface area contributed by atoms with Gasteiger partial charge in [-0.1, -0.05) is 48.1 Å². The van der Waals surface area contributed by atoms with E-state index in [1.54, 1.807) is 6.08 Å². The predicted octanol–water partition coefficient (Wildman–Crippen LogP) is 2.86. The van der Waals surface area contributed by atoms with E-state index in [9.17, 15) is 4.79 Å². The summed E-state index contributed by atoms with van der Waals surface area (Å²) < 4.78 is 0. The number of hydrogen-bond donors (Lipinski definition) is 0. The monoisotopic (exact) mass is 184 g/mol. The zero-order chi connectivity index (χ0) is 9.97. The van der Waals surface area contributed by atoms with E-state index >= 15 is 0 Å². The van der Waals surface area contributed by atoms with E-state index in [4.69, 9.17) is 0 Å². The third-order valence-corrected chi connectivity index (χ3v) is 2.49. The third kappa shape index (κ3) is 1.53. The van der Waals surface area contributed by atoms with Crippen LogP contribution in [0.4, 0.5) is 0 Å². The van der Waals surface area contributed by atoms with Gasteiger partial charge in [-0.05, 0) is 18.6 Å². The van der Waals surface area contributed by atoms with Crippen molar-refractivity contribution in [1.29, 1.82) is 0 Å². The van der Waals surface area contributed by atoms with Gasteiger partial charge in [-0.3, -0.25) is 4.79 Å². The molecular weight excluding hydrogens is 172 g/mol. The molecule has 1 atom stereocenters. The zero-order valence-electron chi connectivity index (χ0n) is 8.10. The minimum Gasteiger partial charge on any atom is -0.294 e. The Labute approximate surface area is 83.8 Å². The molecule has 0 heterocycles. The van der Waals surface area contributed by atoms with E-state index in [0.717, 1.165) is 11.1 Å². The Bertz CT molecular complexity index is 399. The fourth-order valence-electron chi connectivity index (χ4n) is 1.78. The van der Waals surface area contributed by atoms with Crippen LogP contribution in [-0.4, -0.2) is 5.78 Å². The fraction of sp³-hybridized carbons (Fsp3) is 0.154. The number of carbonyl (C=O) groups is 1. The van der Waals surface area contributed by atoms with Gasteiger partial charge in [0.15, 0.2) is 5.78 Å². The van der Waals surface area contributed by atoms with Crippen molar-refractivity contribution in [3.05, 3.63) is 59.7 Å². The molecule has 1 unspecified atom stereocenters. The molecule has 0 amide bonds. The lowest BCUT2D eigenvalue weighted by Gasteiger charge is -2.17. The van der Waals surface area contributed by atoms with Crippen LogP contribution in [0.5, 0.6) is 0 Å². The number of rotatable bonds is 1. The van der Waals surface area contributed by atoms with Crippen LogP contribution in [0, 0.1) is 0 Å². The largest absolute Gasteiger partial charge is 0.294 e. The molecule has 0 aromatic heterocycles. The summed E-state index contributed by atoms with van der Waals surface area (Å²) in [6.45, 7) is 2.00. The quantitative estimate of drug-likeness (QED) is 0.656. The smallest absolute Gasteiger partial charge is 0.167 e. The summed E-state index contributed by atoms with van der Waals surface area (Å²) in [4.78, 5) is 11.7. The van der Waals surface area contributed by atoms with E-state index in [0.29, 0.717) is 0 Å². The van der Waals surface area contributed by atoms with Gasteiger partial charge in [0, 0.05) is 0 Å².